The van der Waals surface area contributed by atoms with Gasteiger partial charge in [0.1, 0.15) is 5.69 Å². The number of halogens is 1. The van der Waals surface area contributed by atoms with Crippen LogP contribution in [0.4, 0.5) is 5.69 Å². The Hall–Kier alpha value is -3.51. The largest absolute Gasteiger partial charge is 0.319 e. The lowest BCUT2D eigenvalue weighted by Gasteiger charge is -2.15. The van der Waals surface area contributed by atoms with Gasteiger partial charge in [0.05, 0.1) is 16.2 Å². The van der Waals surface area contributed by atoms with E-state index in [9.17, 15) is 9.59 Å². The molecule has 6 nitrogen and oxygen atoms in total. The van der Waals surface area contributed by atoms with Crippen LogP contribution in [-0.2, 0) is 7.05 Å². The molecule has 4 aromatic rings. The number of carbonyl (C=O) groups is 1. The van der Waals surface area contributed by atoms with Crippen molar-refractivity contribution in [1.29, 1.82) is 0 Å². The summed E-state index contributed by atoms with van der Waals surface area (Å²) >= 11 is 6.66. The fourth-order valence-corrected chi connectivity index (χ4v) is 3.65. The fourth-order valence-electron chi connectivity index (χ4n) is 3.29. The van der Waals surface area contributed by atoms with Crippen LogP contribution in [-0.4, -0.2) is 20.4 Å². The van der Waals surface area contributed by atoms with Crippen LogP contribution in [0, 0.1) is 6.92 Å². The second-order valence-corrected chi connectivity index (χ2v) is 7.02. The zero-order valence-corrected chi connectivity index (χ0v) is 16.6. The summed E-state index contributed by atoms with van der Waals surface area (Å²) in [7, 11) is 1.71. The Bertz CT molecular complexity index is 1300. The summed E-state index contributed by atoms with van der Waals surface area (Å²) in [5, 5.41) is 3.90. The van der Waals surface area contributed by atoms with Crippen LogP contribution < -0.4 is 10.9 Å². The molecule has 0 bridgehead atoms. The van der Waals surface area contributed by atoms with E-state index in [1.165, 1.54) is 0 Å². The van der Waals surface area contributed by atoms with E-state index >= 15 is 0 Å². The van der Waals surface area contributed by atoms with Gasteiger partial charge in [0, 0.05) is 42.2 Å². The number of aryl methyl sites for hydroxylation is 2. The maximum absolute atomic E-state index is 13.0. The lowest BCUT2D eigenvalue weighted by Crippen LogP contribution is -2.20. The van der Waals surface area contributed by atoms with Gasteiger partial charge in [0.2, 0.25) is 0 Å². The first-order valence-corrected chi connectivity index (χ1v) is 9.31. The molecule has 0 aliphatic carbocycles. The lowest BCUT2D eigenvalue weighted by molar-refractivity contribution is 0.102. The van der Waals surface area contributed by atoms with Gasteiger partial charge in [0.15, 0.2) is 0 Å². The molecule has 3 aromatic heterocycles. The molecule has 0 spiro atoms. The third-order valence-electron chi connectivity index (χ3n) is 4.79. The van der Waals surface area contributed by atoms with E-state index < -0.39 is 0 Å². The molecule has 144 valence electrons. The average molecular weight is 405 g/mol. The molecule has 0 radical (unpaired) electrons. The van der Waals surface area contributed by atoms with Gasteiger partial charge >= 0.3 is 0 Å². The van der Waals surface area contributed by atoms with Crippen molar-refractivity contribution in [3.63, 3.8) is 0 Å². The van der Waals surface area contributed by atoms with E-state index in [2.05, 4.69) is 15.3 Å². The molecule has 0 aliphatic heterocycles. The van der Waals surface area contributed by atoms with Gasteiger partial charge in [-0.25, -0.2) is 0 Å². The second kappa shape index (κ2) is 7.48. The van der Waals surface area contributed by atoms with E-state index in [1.807, 2.05) is 13.0 Å². The highest BCUT2D eigenvalue weighted by molar-refractivity contribution is 6.36. The average Bonchev–Trinajstić information content (AvgIpc) is 2.74. The van der Waals surface area contributed by atoms with Crippen molar-refractivity contribution in [3.8, 4) is 11.1 Å². The number of nitrogens with zero attached hydrogens (tertiary/aromatic N) is 3. The second-order valence-electron chi connectivity index (χ2n) is 6.64. The van der Waals surface area contributed by atoms with Crippen LogP contribution in [0.1, 0.15) is 16.1 Å². The SMILES string of the molecule is Cc1ccc(NC(=O)c2ccccn2)c(Cl)c1-c1cc2cnccc2n(C)c1=O. The van der Waals surface area contributed by atoms with Crippen molar-refractivity contribution >= 4 is 34.1 Å². The number of carbonyl (C=O) groups excluding carboxylic acids is 1. The van der Waals surface area contributed by atoms with E-state index in [1.54, 1.807) is 66.6 Å². The number of rotatable bonds is 3. The fraction of sp³-hybridized carbons (Fsp3) is 0.0909. The number of amides is 1. The van der Waals surface area contributed by atoms with Crippen LogP contribution in [0.15, 0.2) is 65.8 Å². The first-order chi connectivity index (χ1) is 14.0. The maximum Gasteiger partial charge on any atom is 0.274 e. The normalized spacial score (nSPS) is 10.9. The molecule has 0 saturated carbocycles. The highest BCUT2D eigenvalue weighted by Gasteiger charge is 2.18. The monoisotopic (exact) mass is 404 g/mol. The van der Waals surface area contributed by atoms with Crippen LogP contribution in [0.5, 0.6) is 0 Å². The third kappa shape index (κ3) is 3.39. The number of hydrogen-bond acceptors (Lipinski definition) is 4. The Labute approximate surface area is 171 Å². The molecule has 0 fully saturated rings. The van der Waals surface area contributed by atoms with Gasteiger partial charge in [0.25, 0.3) is 11.5 Å². The Morgan fingerprint density at radius 3 is 2.72 bits per heavy atom. The quantitative estimate of drug-likeness (QED) is 0.555. The van der Waals surface area contributed by atoms with Crippen molar-refractivity contribution < 1.29 is 4.79 Å². The van der Waals surface area contributed by atoms with Crippen molar-refractivity contribution in [2.24, 2.45) is 7.05 Å². The molecule has 0 aliphatic rings. The van der Waals surface area contributed by atoms with Crippen molar-refractivity contribution in [3.05, 3.63) is 87.7 Å². The number of hydrogen-bond donors (Lipinski definition) is 1. The zero-order valence-electron chi connectivity index (χ0n) is 15.8. The van der Waals surface area contributed by atoms with Crippen molar-refractivity contribution in [2.45, 2.75) is 6.92 Å². The van der Waals surface area contributed by atoms with Crippen molar-refractivity contribution in [1.82, 2.24) is 14.5 Å². The van der Waals surface area contributed by atoms with Gasteiger partial charge < -0.3 is 9.88 Å². The number of pyridine rings is 3. The number of anilines is 1. The molecule has 4 rings (SSSR count). The van der Waals surface area contributed by atoms with Gasteiger partial charge in [-0.15, -0.1) is 0 Å². The number of nitrogens with one attached hydrogen (secondary N) is 1. The van der Waals surface area contributed by atoms with Gasteiger partial charge in [-0.2, -0.15) is 0 Å². The molecule has 0 saturated heterocycles. The summed E-state index contributed by atoms with van der Waals surface area (Å²) < 4.78 is 1.57. The first kappa shape index (κ1) is 18.8. The first-order valence-electron chi connectivity index (χ1n) is 8.93. The number of aromatic nitrogens is 3. The minimum atomic E-state index is -0.377. The molecule has 0 atom stereocenters. The summed E-state index contributed by atoms with van der Waals surface area (Å²) in [6, 6.07) is 12.2. The predicted molar refractivity (Wildman–Crippen MR) is 114 cm³/mol. The lowest BCUT2D eigenvalue weighted by atomic mass is 9.99. The molecule has 3 heterocycles. The minimum absolute atomic E-state index is 0.179. The van der Waals surface area contributed by atoms with E-state index in [0.29, 0.717) is 21.8 Å². The summed E-state index contributed by atoms with van der Waals surface area (Å²) in [6.45, 7) is 1.87. The van der Waals surface area contributed by atoms with Crippen LogP contribution in [0.2, 0.25) is 5.02 Å². The smallest absolute Gasteiger partial charge is 0.274 e. The standard InChI is InChI=1S/C22H17ClN4O2/c1-13-6-7-16(26-21(28)17-5-3-4-9-25-17)20(23)19(13)15-11-14-12-24-10-8-18(14)27(2)22(15)29/h3-12H,1-2H3,(H,26,28). The minimum Gasteiger partial charge on any atom is -0.319 e. The molecule has 7 heteroatoms. The molecular weight excluding hydrogens is 388 g/mol. The molecule has 29 heavy (non-hydrogen) atoms. The van der Waals surface area contributed by atoms with Gasteiger partial charge in [-0.3, -0.25) is 19.6 Å². The molecule has 1 amide bonds. The Balaban J connectivity index is 1.85. The molecule has 1 aromatic carbocycles. The Morgan fingerprint density at radius 2 is 1.97 bits per heavy atom. The van der Waals surface area contributed by atoms with E-state index in [-0.39, 0.29) is 17.2 Å². The zero-order chi connectivity index (χ0) is 20.5. The Morgan fingerprint density at radius 1 is 1.14 bits per heavy atom. The summed E-state index contributed by atoms with van der Waals surface area (Å²) in [5.41, 5.74) is 3.14. The summed E-state index contributed by atoms with van der Waals surface area (Å²) in [5.74, 6) is -0.377. The highest BCUT2D eigenvalue weighted by Crippen LogP contribution is 2.36. The van der Waals surface area contributed by atoms with Crippen LogP contribution in [0.3, 0.4) is 0 Å². The Kier molecular flexibility index (Phi) is 4.86. The summed E-state index contributed by atoms with van der Waals surface area (Å²) in [4.78, 5) is 33.7. The van der Waals surface area contributed by atoms with Crippen molar-refractivity contribution in [2.75, 3.05) is 5.32 Å². The van der Waals surface area contributed by atoms with Crippen LogP contribution >= 0.6 is 11.6 Å². The topological polar surface area (TPSA) is 76.9 Å². The molecular formula is C22H17ClN4O2. The predicted octanol–water partition coefficient (Wildman–Crippen LogP) is 4.21. The summed E-state index contributed by atoms with van der Waals surface area (Å²) in [6.07, 6.45) is 4.89. The molecule has 1 N–H and O–H groups in total. The van der Waals surface area contributed by atoms with Crippen LogP contribution in [0.25, 0.3) is 22.0 Å². The van der Waals surface area contributed by atoms with Gasteiger partial charge in [-0.05, 0) is 42.8 Å². The number of benzene rings is 1. The maximum atomic E-state index is 13.0. The van der Waals surface area contributed by atoms with Gasteiger partial charge in [-0.1, -0.05) is 23.7 Å². The highest BCUT2D eigenvalue weighted by atomic mass is 35.5. The van der Waals surface area contributed by atoms with E-state index in [0.717, 1.165) is 16.5 Å². The molecule has 0 unspecified atom stereocenters. The number of fused-ring (bicyclic) bond motifs is 1. The third-order valence-corrected chi connectivity index (χ3v) is 5.18. The van der Waals surface area contributed by atoms with E-state index in [4.69, 9.17) is 11.6 Å².